The molecule has 0 radical (unpaired) electrons. The largest absolute Gasteiger partial charge is 0.397 e. The van der Waals surface area contributed by atoms with Gasteiger partial charge >= 0.3 is 0 Å². The number of fused-ring (bicyclic) bond motifs is 2. The van der Waals surface area contributed by atoms with Gasteiger partial charge in [0.15, 0.2) is 10.0 Å². The van der Waals surface area contributed by atoms with E-state index in [0.717, 1.165) is 64.8 Å². The monoisotopic (exact) mass is 456 g/mol. The van der Waals surface area contributed by atoms with Gasteiger partial charge in [-0.1, -0.05) is 46.9 Å². The molecule has 32 heavy (non-hydrogen) atoms. The standard InChI is InChI=1S/C24H20N6S2/c1-13-11-17-23(29(13)19-9-5-3-7-15(19)25)31-21(27-17)22-28-18-12-14(2)30(24(18)32-22)20-10-6-4-8-16(20)26/h3-12H,25-26H2,1-2H3. The van der Waals surface area contributed by atoms with Crippen LogP contribution in [0.3, 0.4) is 0 Å². The fourth-order valence-corrected chi connectivity index (χ4v) is 6.42. The van der Waals surface area contributed by atoms with Crippen LogP contribution in [-0.2, 0) is 0 Å². The number of nitrogens with zero attached hydrogens (tertiary/aromatic N) is 4. The van der Waals surface area contributed by atoms with E-state index in [1.807, 2.05) is 48.5 Å². The zero-order valence-electron chi connectivity index (χ0n) is 17.5. The molecule has 0 fully saturated rings. The normalized spacial score (nSPS) is 11.7. The highest BCUT2D eigenvalue weighted by Crippen LogP contribution is 2.40. The highest BCUT2D eigenvalue weighted by atomic mass is 32.1. The van der Waals surface area contributed by atoms with Crippen molar-refractivity contribution < 1.29 is 0 Å². The predicted octanol–water partition coefficient (Wildman–Crippen LogP) is 5.94. The molecular weight excluding hydrogens is 436 g/mol. The molecule has 158 valence electrons. The lowest BCUT2D eigenvalue weighted by molar-refractivity contribution is 1.07. The first-order chi connectivity index (χ1) is 15.5. The predicted molar refractivity (Wildman–Crippen MR) is 135 cm³/mol. The van der Waals surface area contributed by atoms with Crippen molar-refractivity contribution in [3.63, 3.8) is 0 Å². The van der Waals surface area contributed by atoms with Crippen LogP contribution in [0.5, 0.6) is 0 Å². The molecule has 0 saturated carbocycles. The summed E-state index contributed by atoms with van der Waals surface area (Å²) in [6, 6.07) is 20.0. The highest BCUT2D eigenvalue weighted by molar-refractivity contribution is 7.27. The van der Waals surface area contributed by atoms with Gasteiger partial charge in [0.25, 0.3) is 0 Å². The van der Waals surface area contributed by atoms with Gasteiger partial charge < -0.3 is 20.6 Å². The second-order valence-corrected chi connectivity index (χ2v) is 9.73. The van der Waals surface area contributed by atoms with Crippen LogP contribution in [0.1, 0.15) is 11.4 Å². The Morgan fingerprint density at radius 2 is 1.06 bits per heavy atom. The number of aromatic nitrogens is 4. The third-order valence-electron chi connectivity index (χ3n) is 5.61. The zero-order chi connectivity index (χ0) is 22.0. The summed E-state index contributed by atoms with van der Waals surface area (Å²) in [5.41, 5.74) is 20.1. The second kappa shape index (κ2) is 6.94. The topological polar surface area (TPSA) is 87.7 Å². The molecule has 4 N–H and O–H groups in total. The second-order valence-electron chi connectivity index (χ2n) is 7.78. The van der Waals surface area contributed by atoms with E-state index in [9.17, 15) is 0 Å². The van der Waals surface area contributed by atoms with Crippen LogP contribution in [0.15, 0.2) is 60.7 Å². The Balaban J connectivity index is 1.51. The van der Waals surface area contributed by atoms with E-state index >= 15 is 0 Å². The van der Waals surface area contributed by atoms with Crippen LogP contribution in [0, 0.1) is 13.8 Å². The van der Waals surface area contributed by atoms with Crippen molar-refractivity contribution >= 4 is 54.7 Å². The molecule has 0 unspecified atom stereocenters. The lowest BCUT2D eigenvalue weighted by Gasteiger charge is -2.09. The maximum atomic E-state index is 6.27. The van der Waals surface area contributed by atoms with Crippen molar-refractivity contribution in [2.45, 2.75) is 13.8 Å². The van der Waals surface area contributed by atoms with Gasteiger partial charge in [0.05, 0.1) is 22.7 Å². The Kier molecular flexibility index (Phi) is 4.14. The Morgan fingerprint density at radius 3 is 1.47 bits per heavy atom. The third-order valence-corrected chi connectivity index (χ3v) is 7.87. The summed E-state index contributed by atoms with van der Waals surface area (Å²) in [5.74, 6) is 0. The average molecular weight is 457 g/mol. The molecule has 0 aliphatic rings. The Hall–Kier alpha value is -3.62. The summed E-state index contributed by atoms with van der Waals surface area (Å²) < 4.78 is 4.35. The number of para-hydroxylation sites is 4. The Labute approximate surface area is 192 Å². The molecule has 0 bridgehead atoms. The lowest BCUT2D eigenvalue weighted by atomic mass is 10.2. The quantitative estimate of drug-likeness (QED) is 0.323. The van der Waals surface area contributed by atoms with Crippen molar-refractivity contribution in [1.82, 2.24) is 19.1 Å². The summed E-state index contributed by atoms with van der Waals surface area (Å²) in [4.78, 5) is 12.0. The average Bonchev–Trinajstić information content (AvgIpc) is 3.48. The first kappa shape index (κ1) is 19.1. The fourth-order valence-electron chi connectivity index (χ4n) is 4.17. The molecule has 4 heterocycles. The van der Waals surface area contributed by atoms with E-state index in [-0.39, 0.29) is 0 Å². The number of nitrogens with two attached hydrogens (primary N) is 2. The van der Waals surface area contributed by atoms with E-state index in [2.05, 4.69) is 35.1 Å². The SMILES string of the molecule is Cc1cc2nc(-c3nc4cc(C)n(-c5ccccc5N)c4s3)sc2n1-c1ccccc1N. The smallest absolute Gasteiger partial charge is 0.154 e. The molecule has 0 aliphatic carbocycles. The van der Waals surface area contributed by atoms with E-state index in [0.29, 0.717) is 0 Å². The minimum atomic E-state index is 0.743. The molecule has 0 atom stereocenters. The molecule has 0 spiro atoms. The molecule has 6 nitrogen and oxygen atoms in total. The van der Waals surface area contributed by atoms with Gasteiger partial charge in [-0.15, -0.1) is 0 Å². The maximum Gasteiger partial charge on any atom is 0.154 e. The number of anilines is 2. The van der Waals surface area contributed by atoms with Crippen molar-refractivity contribution in [2.24, 2.45) is 0 Å². The number of hydrogen-bond acceptors (Lipinski definition) is 6. The molecule has 0 amide bonds. The van der Waals surface area contributed by atoms with Crippen LogP contribution in [0.25, 0.3) is 42.1 Å². The number of hydrogen-bond donors (Lipinski definition) is 2. The number of thiazole rings is 2. The first-order valence-corrected chi connectivity index (χ1v) is 11.8. The minimum Gasteiger partial charge on any atom is -0.397 e. The van der Waals surface area contributed by atoms with E-state index < -0.39 is 0 Å². The van der Waals surface area contributed by atoms with Crippen LogP contribution >= 0.6 is 22.7 Å². The number of nitrogen functional groups attached to an aromatic ring is 2. The fraction of sp³-hybridized carbons (Fsp3) is 0.0833. The Bertz CT molecular complexity index is 1510. The van der Waals surface area contributed by atoms with Gasteiger partial charge in [-0.05, 0) is 50.2 Å². The van der Waals surface area contributed by atoms with Gasteiger partial charge in [-0.2, -0.15) is 0 Å². The van der Waals surface area contributed by atoms with Crippen LogP contribution < -0.4 is 11.5 Å². The van der Waals surface area contributed by atoms with Crippen molar-refractivity contribution in [1.29, 1.82) is 0 Å². The van der Waals surface area contributed by atoms with Gasteiger partial charge in [-0.3, -0.25) is 0 Å². The van der Waals surface area contributed by atoms with Crippen LogP contribution in [0.4, 0.5) is 11.4 Å². The van der Waals surface area contributed by atoms with Crippen molar-refractivity contribution in [2.75, 3.05) is 11.5 Å². The molecule has 4 aromatic heterocycles. The van der Waals surface area contributed by atoms with Gasteiger partial charge in [0.1, 0.15) is 20.7 Å². The molecule has 6 aromatic rings. The minimum absolute atomic E-state index is 0.743. The summed E-state index contributed by atoms with van der Waals surface area (Å²) in [6.07, 6.45) is 0. The molecular formula is C24H20N6S2. The summed E-state index contributed by atoms with van der Waals surface area (Å²) in [7, 11) is 0. The first-order valence-electron chi connectivity index (χ1n) is 10.2. The van der Waals surface area contributed by atoms with Gasteiger partial charge in [-0.25, -0.2) is 9.97 Å². The van der Waals surface area contributed by atoms with Gasteiger partial charge in [0, 0.05) is 11.4 Å². The molecule has 2 aromatic carbocycles. The maximum absolute atomic E-state index is 6.27. The van der Waals surface area contributed by atoms with Crippen molar-refractivity contribution in [3.8, 4) is 21.4 Å². The molecule has 0 saturated heterocycles. The van der Waals surface area contributed by atoms with E-state index in [4.69, 9.17) is 21.4 Å². The van der Waals surface area contributed by atoms with E-state index in [1.54, 1.807) is 22.7 Å². The lowest BCUT2D eigenvalue weighted by Crippen LogP contribution is -2.00. The van der Waals surface area contributed by atoms with Crippen LogP contribution in [0.2, 0.25) is 0 Å². The molecule has 6 rings (SSSR count). The summed E-state index contributed by atoms with van der Waals surface area (Å²) in [5, 5.41) is 1.81. The number of aryl methyl sites for hydroxylation is 2. The number of benzene rings is 2. The van der Waals surface area contributed by atoms with Crippen LogP contribution in [-0.4, -0.2) is 19.1 Å². The summed E-state index contributed by atoms with van der Waals surface area (Å²) >= 11 is 3.28. The summed E-state index contributed by atoms with van der Waals surface area (Å²) in [6.45, 7) is 4.16. The Morgan fingerprint density at radius 1 is 0.656 bits per heavy atom. The van der Waals surface area contributed by atoms with Crippen molar-refractivity contribution in [3.05, 3.63) is 72.1 Å². The zero-order valence-corrected chi connectivity index (χ0v) is 19.2. The third kappa shape index (κ3) is 2.77. The van der Waals surface area contributed by atoms with E-state index in [1.165, 1.54) is 0 Å². The molecule has 8 heteroatoms. The van der Waals surface area contributed by atoms with Gasteiger partial charge in [0.2, 0.25) is 0 Å². The molecule has 0 aliphatic heterocycles. The number of rotatable bonds is 3. The highest BCUT2D eigenvalue weighted by Gasteiger charge is 2.20.